The summed E-state index contributed by atoms with van der Waals surface area (Å²) in [7, 11) is 1.50. The summed E-state index contributed by atoms with van der Waals surface area (Å²) in [6, 6.07) is 10.2. The summed E-state index contributed by atoms with van der Waals surface area (Å²) in [5, 5.41) is 5.24. The monoisotopic (exact) mass is 313 g/mol. The lowest BCUT2D eigenvalue weighted by Gasteiger charge is -2.32. The number of methoxy groups -OCH3 is 1. The molecule has 118 valence electrons. The molecule has 1 aromatic heterocycles. The van der Waals surface area contributed by atoms with Crippen LogP contribution in [0.2, 0.25) is 0 Å². The Morgan fingerprint density at radius 2 is 2.09 bits per heavy atom. The van der Waals surface area contributed by atoms with E-state index in [0.29, 0.717) is 23.0 Å². The number of fused-ring (bicyclic) bond motifs is 1. The molecule has 7 heteroatoms. The normalized spacial score (nSPS) is 19.1. The fraction of sp³-hybridized carbons (Fsp3) is 0.188. The van der Waals surface area contributed by atoms with Gasteiger partial charge in [-0.15, -0.1) is 0 Å². The van der Waals surface area contributed by atoms with Crippen molar-refractivity contribution in [2.45, 2.75) is 12.5 Å². The first kappa shape index (κ1) is 14.8. The van der Waals surface area contributed by atoms with E-state index in [1.54, 1.807) is 36.4 Å². The average Bonchev–Trinajstić information content (AvgIpc) is 2.56. The minimum atomic E-state index is -1.71. The molecular formula is C16H15N3O4. The van der Waals surface area contributed by atoms with Crippen molar-refractivity contribution < 1.29 is 19.1 Å². The van der Waals surface area contributed by atoms with Crippen molar-refractivity contribution in [2.24, 2.45) is 0 Å². The van der Waals surface area contributed by atoms with Crippen LogP contribution in [0.3, 0.4) is 0 Å². The lowest BCUT2D eigenvalue weighted by Crippen LogP contribution is -2.56. The van der Waals surface area contributed by atoms with Crippen molar-refractivity contribution in [1.29, 1.82) is 0 Å². The number of pyridine rings is 1. The molecule has 3 rings (SSSR count). The number of ether oxygens (including phenoxy) is 2. The van der Waals surface area contributed by atoms with Crippen molar-refractivity contribution in [3.63, 3.8) is 0 Å². The highest BCUT2D eigenvalue weighted by Crippen LogP contribution is 2.33. The van der Waals surface area contributed by atoms with Gasteiger partial charge in [0.2, 0.25) is 0 Å². The third-order valence-electron chi connectivity index (χ3n) is 3.54. The van der Waals surface area contributed by atoms with E-state index in [1.807, 2.05) is 0 Å². The third kappa shape index (κ3) is 2.57. The van der Waals surface area contributed by atoms with E-state index >= 15 is 0 Å². The van der Waals surface area contributed by atoms with Gasteiger partial charge in [0.15, 0.2) is 11.6 Å². The summed E-state index contributed by atoms with van der Waals surface area (Å²) >= 11 is 0. The Kier molecular flexibility index (Phi) is 3.61. The second-order valence-corrected chi connectivity index (χ2v) is 5.09. The molecule has 1 aliphatic heterocycles. The predicted molar refractivity (Wildman–Crippen MR) is 83.5 cm³/mol. The van der Waals surface area contributed by atoms with Gasteiger partial charge >= 0.3 is 0 Å². The Labute approximate surface area is 132 Å². The highest BCUT2D eigenvalue weighted by Gasteiger charge is 2.47. The van der Waals surface area contributed by atoms with Gasteiger partial charge < -0.3 is 20.1 Å². The number of hydrogen-bond acceptors (Lipinski definition) is 5. The number of hydrogen-bond donors (Lipinski definition) is 2. The highest BCUT2D eigenvalue weighted by atomic mass is 16.5. The van der Waals surface area contributed by atoms with E-state index in [-0.39, 0.29) is 0 Å². The fourth-order valence-electron chi connectivity index (χ4n) is 2.20. The number of rotatable bonds is 3. The molecule has 1 aliphatic rings. The van der Waals surface area contributed by atoms with Crippen LogP contribution in [-0.2, 0) is 9.59 Å². The molecular weight excluding hydrogens is 298 g/mol. The fourth-order valence-corrected chi connectivity index (χ4v) is 2.20. The SMILES string of the molecule is COc1ccccc1NC(=O)C1(C)Oc2cccnc2NC1=O. The molecule has 0 fully saturated rings. The van der Waals surface area contributed by atoms with E-state index in [4.69, 9.17) is 9.47 Å². The van der Waals surface area contributed by atoms with Crippen molar-refractivity contribution in [3.8, 4) is 11.5 Å². The van der Waals surface area contributed by atoms with Crippen molar-refractivity contribution in [2.75, 3.05) is 17.7 Å². The Morgan fingerprint density at radius 3 is 2.87 bits per heavy atom. The summed E-state index contributed by atoms with van der Waals surface area (Å²) in [5.41, 5.74) is -1.26. The van der Waals surface area contributed by atoms with E-state index in [0.717, 1.165) is 0 Å². The third-order valence-corrected chi connectivity index (χ3v) is 3.54. The number of aromatic nitrogens is 1. The van der Waals surface area contributed by atoms with Crippen LogP contribution in [0.15, 0.2) is 42.6 Å². The van der Waals surface area contributed by atoms with Crippen molar-refractivity contribution in [3.05, 3.63) is 42.6 Å². The Hall–Kier alpha value is -3.09. The summed E-state index contributed by atoms with van der Waals surface area (Å²) < 4.78 is 10.8. The molecule has 1 aromatic carbocycles. The largest absolute Gasteiger partial charge is 0.495 e. The van der Waals surface area contributed by atoms with Gasteiger partial charge in [-0.3, -0.25) is 9.59 Å². The maximum Gasteiger partial charge on any atom is 0.279 e. The van der Waals surface area contributed by atoms with Gasteiger partial charge in [0.25, 0.3) is 17.4 Å². The molecule has 0 bridgehead atoms. The molecule has 2 amide bonds. The quantitative estimate of drug-likeness (QED) is 0.844. The number of nitrogens with zero attached hydrogens (tertiary/aromatic N) is 1. The van der Waals surface area contributed by atoms with Crippen LogP contribution in [0, 0.1) is 0 Å². The van der Waals surface area contributed by atoms with E-state index in [1.165, 1.54) is 20.2 Å². The van der Waals surface area contributed by atoms with Gasteiger partial charge in [0.1, 0.15) is 5.75 Å². The van der Waals surface area contributed by atoms with Gasteiger partial charge in [-0.25, -0.2) is 4.98 Å². The summed E-state index contributed by atoms with van der Waals surface area (Å²) in [6.45, 7) is 1.41. The molecule has 2 N–H and O–H groups in total. The zero-order chi connectivity index (χ0) is 16.4. The van der Waals surface area contributed by atoms with Crippen molar-refractivity contribution in [1.82, 2.24) is 4.98 Å². The van der Waals surface area contributed by atoms with Crippen LogP contribution < -0.4 is 20.1 Å². The van der Waals surface area contributed by atoms with Crippen LogP contribution in [0.1, 0.15) is 6.92 Å². The van der Waals surface area contributed by atoms with Crippen LogP contribution in [0.5, 0.6) is 11.5 Å². The molecule has 0 aliphatic carbocycles. The first-order valence-electron chi connectivity index (χ1n) is 6.94. The standard InChI is InChI=1S/C16H15N3O4/c1-16(14(20)18-10-6-3-4-7-11(10)22-2)15(21)19-13-12(23-16)8-5-9-17-13/h3-9H,1-2H3,(H,18,20)(H,17,19,21). The zero-order valence-electron chi connectivity index (χ0n) is 12.6. The molecule has 1 atom stereocenters. The van der Waals surface area contributed by atoms with Gasteiger partial charge in [0.05, 0.1) is 12.8 Å². The Bertz CT molecular complexity index is 777. The van der Waals surface area contributed by atoms with E-state index in [2.05, 4.69) is 15.6 Å². The highest BCUT2D eigenvalue weighted by molar-refractivity contribution is 6.18. The number of carbonyl (C=O) groups is 2. The Morgan fingerprint density at radius 1 is 1.30 bits per heavy atom. The zero-order valence-corrected chi connectivity index (χ0v) is 12.6. The van der Waals surface area contributed by atoms with Gasteiger partial charge in [-0.2, -0.15) is 0 Å². The minimum Gasteiger partial charge on any atom is -0.495 e. The number of para-hydroxylation sites is 2. The van der Waals surface area contributed by atoms with Gasteiger partial charge in [-0.05, 0) is 31.2 Å². The average molecular weight is 313 g/mol. The maximum absolute atomic E-state index is 12.6. The van der Waals surface area contributed by atoms with Crippen LogP contribution in [0.25, 0.3) is 0 Å². The summed E-state index contributed by atoms with van der Waals surface area (Å²) in [4.78, 5) is 28.9. The van der Waals surface area contributed by atoms with Crippen LogP contribution in [-0.4, -0.2) is 29.5 Å². The summed E-state index contributed by atoms with van der Waals surface area (Å²) in [6.07, 6.45) is 1.53. The van der Waals surface area contributed by atoms with Crippen LogP contribution >= 0.6 is 0 Å². The van der Waals surface area contributed by atoms with Gasteiger partial charge in [0, 0.05) is 6.20 Å². The Balaban J connectivity index is 1.88. The molecule has 0 saturated carbocycles. The minimum absolute atomic E-state index is 0.292. The molecule has 0 spiro atoms. The van der Waals surface area contributed by atoms with E-state index in [9.17, 15) is 9.59 Å². The first-order valence-corrected chi connectivity index (χ1v) is 6.94. The van der Waals surface area contributed by atoms with Crippen molar-refractivity contribution >= 4 is 23.3 Å². The van der Waals surface area contributed by atoms with Crippen LogP contribution in [0.4, 0.5) is 11.5 Å². The molecule has 23 heavy (non-hydrogen) atoms. The number of carbonyl (C=O) groups excluding carboxylic acids is 2. The molecule has 2 heterocycles. The molecule has 0 saturated heterocycles. The topological polar surface area (TPSA) is 89.6 Å². The number of anilines is 2. The molecule has 2 aromatic rings. The smallest absolute Gasteiger partial charge is 0.279 e. The molecule has 7 nitrogen and oxygen atoms in total. The molecule has 0 radical (unpaired) electrons. The lowest BCUT2D eigenvalue weighted by atomic mass is 10.0. The first-order chi connectivity index (χ1) is 11.0. The van der Waals surface area contributed by atoms with E-state index < -0.39 is 17.4 Å². The summed E-state index contributed by atoms with van der Waals surface area (Å²) in [5.74, 6) is -0.0716. The van der Waals surface area contributed by atoms with Gasteiger partial charge in [-0.1, -0.05) is 12.1 Å². The second-order valence-electron chi connectivity index (χ2n) is 5.09. The number of amides is 2. The second kappa shape index (κ2) is 5.60. The lowest BCUT2D eigenvalue weighted by molar-refractivity contribution is -0.143. The maximum atomic E-state index is 12.6. The number of benzene rings is 1. The predicted octanol–water partition coefficient (Wildman–Crippen LogP) is 1.82. The molecule has 1 unspecified atom stereocenters. The number of nitrogens with one attached hydrogen (secondary N) is 2.